The molecule has 1 saturated carbocycles. The SMILES string of the molecule is CN=C(NCC1(C(=O)N(C)C)CCCC1)NC1CCN(c2cccs2)CC1. The highest BCUT2D eigenvalue weighted by molar-refractivity contribution is 7.14. The number of aliphatic imine (C=N–C) groups is 1. The molecule has 2 fully saturated rings. The van der Waals surface area contributed by atoms with Gasteiger partial charge in [-0.25, -0.2) is 0 Å². The van der Waals surface area contributed by atoms with Crippen molar-refractivity contribution in [3.63, 3.8) is 0 Å². The summed E-state index contributed by atoms with van der Waals surface area (Å²) >= 11 is 1.81. The maximum absolute atomic E-state index is 12.7. The highest BCUT2D eigenvalue weighted by Gasteiger charge is 2.42. The molecule has 1 aliphatic carbocycles. The van der Waals surface area contributed by atoms with E-state index in [0.717, 1.165) is 57.6 Å². The lowest BCUT2D eigenvalue weighted by molar-refractivity contribution is -0.138. The smallest absolute Gasteiger partial charge is 0.230 e. The van der Waals surface area contributed by atoms with Crippen molar-refractivity contribution in [1.29, 1.82) is 0 Å². The maximum atomic E-state index is 12.7. The molecule has 7 heteroatoms. The zero-order chi connectivity index (χ0) is 19.3. The summed E-state index contributed by atoms with van der Waals surface area (Å²) in [6, 6.07) is 4.74. The molecule has 27 heavy (non-hydrogen) atoms. The normalized spacial score (nSPS) is 20.6. The first kappa shape index (κ1) is 20.0. The number of amides is 1. The molecule has 150 valence electrons. The predicted octanol–water partition coefficient (Wildman–Crippen LogP) is 2.53. The van der Waals surface area contributed by atoms with E-state index in [0.29, 0.717) is 12.6 Å². The van der Waals surface area contributed by atoms with Crippen LogP contribution >= 0.6 is 11.3 Å². The van der Waals surface area contributed by atoms with Gasteiger partial charge in [0, 0.05) is 46.8 Å². The Morgan fingerprint density at radius 3 is 2.59 bits per heavy atom. The Labute approximate surface area is 167 Å². The van der Waals surface area contributed by atoms with E-state index in [1.165, 1.54) is 5.00 Å². The second-order valence-electron chi connectivity index (χ2n) is 7.97. The molecule has 2 N–H and O–H groups in total. The van der Waals surface area contributed by atoms with Crippen LogP contribution in [0.25, 0.3) is 0 Å². The standard InChI is InChI=1S/C20H33N5OS/c1-21-19(22-15-20(10-4-5-11-20)18(26)24(2)3)23-16-8-12-25(13-9-16)17-7-6-14-27-17/h6-7,14,16H,4-5,8-13,15H2,1-3H3,(H2,21,22,23). The Kier molecular flexibility index (Phi) is 6.63. The largest absolute Gasteiger partial charge is 0.363 e. The van der Waals surface area contributed by atoms with Gasteiger partial charge in [-0.1, -0.05) is 12.8 Å². The summed E-state index contributed by atoms with van der Waals surface area (Å²) in [5.41, 5.74) is -0.274. The van der Waals surface area contributed by atoms with Crippen LogP contribution in [0.5, 0.6) is 0 Å². The molecular weight excluding hydrogens is 358 g/mol. The zero-order valence-electron chi connectivity index (χ0n) is 16.8. The first-order valence-electron chi connectivity index (χ1n) is 10.0. The minimum Gasteiger partial charge on any atom is -0.363 e. The fraction of sp³-hybridized carbons (Fsp3) is 0.700. The van der Waals surface area contributed by atoms with Crippen molar-refractivity contribution in [2.45, 2.75) is 44.6 Å². The van der Waals surface area contributed by atoms with Crippen molar-refractivity contribution in [3.8, 4) is 0 Å². The fourth-order valence-electron chi connectivity index (χ4n) is 4.33. The molecule has 0 atom stereocenters. The van der Waals surface area contributed by atoms with Gasteiger partial charge in [0.2, 0.25) is 5.91 Å². The summed E-state index contributed by atoms with van der Waals surface area (Å²) in [5, 5.41) is 10.5. The van der Waals surface area contributed by atoms with Crippen molar-refractivity contribution in [3.05, 3.63) is 17.5 Å². The fourth-order valence-corrected chi connectivity index (χ4v) is 5.11. The van der Waals surface area contributed by atoms with E-state index in [1.807, 2.05) is 32.5 Å². The lowest BCUT2D eigenvalue weighted by atomic mass is 9.84. The summed E-state index contributed by atoms with van der Waals surface area (Å²) in [7, 11) is 5.53. The van der Waals surface area contributed by atoms with E-state index in [4.69, 9.17) is 0 Å². The summed E-state index contributed by atoms with van der Waals surface area (Å²) < 4.78 is 0. The van der Waals surface area contributed by atoms with Crippen LogP contribution in [0.1, 0.15) is 38.5 Å². The molecule has 1 aliphatic heterocycles. The van der Waals surface area contributed by atoms with Gasteiger partial charge >= 0.3 is 0 Å². The number of nitrogens with zero attached hydrogens (tertiary/aromatic N) is 3. The number of piperidine rings is 1. The van der Waals surface area contributed by atoms with Crippen LogP contribution in [0.15, 0.2) is 22.5 Å². The number of nitrogens with one attached hydrogen (secondary N) is 2. The molecule has 0 radical (unpaired) electrons. The van der Waals surface area contributed by atoms with Gasteiger partial charge in [0.25, 0.3) is 0 Å². The summed E-state index contributed by atoms with van der Waals surface area (Å²) in [5.74, 6) is 1.06. The third kappa shape index (κ3) is 4.75. The molecule has 1 amide bonds. The quantitative estimate of drug-likeness (QED) is 0.598. The molecular formula is C20H33N5OS. The Hall–Kier alpha value is -1.76. The summed E-state index contributed by atoms with van der Waals surface area (Å²) in [6.45, 7) is 2.80. The Bertz CT molecular complexity index is 629. The molecule has 0 spiro atoms. The average Bonchev–Trinajstić information content (AvgIpc) is 3.37. The van der Waals surface area contributed by atoms with E-state index in [-0.39, 0.29) is 11.3 Å². The molecule has 0 unspecified atom stereocenters. The Morgan fingerprint density at radius 1 is 1.33 bits per heavy atom. The van der Waals surface area contributed by atoms with Crippen molar-refractivity contribution < 1.29 is 4.79 Å². The van der Waals surface area contributed by atoms with Gasteiger partial charge in [0.15, 0.2) is 5.96 Å². The number of anilines is 1. The lowest BCUT2D eigenvalue weighted by Crippen LogP contribution is -2.52. The molecule has 2 heterocycles. The minimum atomic E-state index is -0.274. The highest BCUT2D eigenvalue weighted by Crippen LogP contribution is 2.38. The summed E-state index contributed by atoms with van der Waals surface area (Å²) in [4.78, 5) is 21.3. The van der Waals surface area contributed by atoms with Gasteiger partial charge in [0.1, 0.15) is 0 Å². The number of carbonyl (C=O) groups is 1. The van der Waals surface area contributed by atoms with Crippen molar-refractivity contribution in [1.82, 2.24) is 15.5 Å². The zero-order valence-corrected chi connectivity index (χ0v) is 17.6. The van der Waals surface area contributed by atoms with Crippen LogP contribution in [0.2, 0.25) is 0 Å². The first-order valence-corrected chi connectivity index (χ1v) is 10.9. The van der Waals surface area contributed by atoms with Crippen molar-refractivity contribution >= 4 is 28.2 Å². The van der Waals surface area contributed by atoms with Gasteiger partial charge in [-0.3, -0.25) is 9.79 Å². The molecule has 2 aliphatic rings. The van der Waals surface area contributed by atoms with Crippen LogP contribution < -0.4 is 15.5 Å². The summed E-state index contributed by atoms with van der Waals surface area (Å²) in [6.07, 6.45) is 6.39. The molecule has 1 aromatic heterocycles. The highest BCUT2D eigenvalue weighted by atomic mass is 32.1. The van der Waals surface area contributed by atoms with Gasteiger partial charge in [-0.05, 0) is 43.2 Å². The number of rotatable bonds is 5. The molecule has 0 aromatic carbocycles. The minimum absolute atomic E-state index is 0.243. The Morgan fingerprint density at radius 2 is 2.04 bits per heavy atom. The third-order valence-electron chi connectivity index (χ3n) is 5.89. The number of thiophene rings is 1. The number of carbonyl (C=O) groups excluding carboxylic acids is 1. The third-order valence-corrected chi connectivity index (χ3v) is 6.82. The van der Waals surface area contributed by atoms with Crippen LogP contribution in [-0.2, 0) is 4.79 Å². The van der Waals surface area contributed by atoms with Gasteiger partial charge in [-0.15, -0.1) is 11.3 Å². The number of hydrogen-bond donors (Lipinski definition) is 2. The van der Waals surface area contributed by atoms with Crippen LogP contribution in [0.4, 0.5) is 5.00 Å². The van der Waals surface area contributed by atoms with E-state index in [9.17, 15) is 4.79 Å². The van der Waals surface area contributed by atoms with Gasteiger partial charge < -0.3 is 20.4 Å². The van der Waals surface area contributed by atoms with E-state index >= 15 is 0 Å². The second kappa shape index (κ2) is 8.95. The van der Waals surface area contributed by atoms with Crippen LogP contribution in [-0.4, -0.2) is 63.6 Å². The van der Waals surface area contributed by atoms with Crippen molar-refractivity contribution in [2.75, 3.05) is 45.7 Å². The van der Waals surface area contributed by atoms with Crippen LogP contribution in [0, 0.1) is 5.41 Å². The van der Waals surface area contributed by atoms with E-state index in [2.05, 4.69) is 38.0 Å². The molecule has 1 saturated heterocycles. The van der Waals surface area contributed by atoms with Crippen molar-refractivity contribution in [2.24, 2.45) is 10.4 Å². The maximum Gasteiger partial charge on any atom is 0.230 e. The predicted molar refractivity (Wildman–Crippen MR) is 114 cm³/mol. The molecule has 3 rings (SSSR count). The average molecular weight is 392 g/mol. The second-order valence-corrected chi connectivity index (χ2v) is 8.90. The van der Waals surface area contributed by atoms with Gasteiger partial charge in [0.05, 0.1) is 10.4 Å². The molecule has 6 nitrogen and oxygen atoms in total. The number of guanidine groups is 1. The monoisotopic (exact) mass is 391 g/mol. The van der Waals surface area contributed by atoms with Crippen LogP contribution in [0.3, 0.4) is 0 Å². The molecule has 0 bridgehead atoms. The molecule has 1 aromatic rings. The van der Waals surface area contributed by atoms with E-state index in [1.54, 1.807) is 4.90 Å². The van der Waals surface area contributed by atoms with E-state index < -0.39 is 0 Å². The number of hydrogen-bond acceptors (Lipinski definition) is 4. The topological polar surface area (TPSA) is 60.0 Å². The van der Waals surface area contributed by atoms with Gasteiger partial charge in [-0.2, -0.15) is 0 Å². The lowest BCUT2D eigenvalue weighted by Gasteiger charge is -2.35. The first-order chi connectivity index (χ1) is 13.0. The Balaban J connectivity index is 1.50.